The van der Waals surface area contributed by atoms with E-state index in [0.717, 1.165) is 38.2 Å². The van der Waals surface area contributed by atoms with Crippen molar-refractivity contribution < 1.29 is 28.9 Å². The molecule has 39 heavy (non-hydrogen) atoms. The molecule has 4 aliphatic carbocycles. The van der Waals surface area contributed by atoms with Gasteiger partial charge >= 0.3 is 17.9 Å². The first kappa shape index (κ1) is 27.7. The molecule has 0 radical (unpaired) electrons. The lowest BCUT2D eigenvalue weighted by Gasteiger charge is -2.57. The first-order valence-electron chi connectivity index (χ1n) is 14.7. The number of rotatable bonds is 5. The van der Waals surface area contributed by atoms with Crippen molar-refractivity contribution in [2.45, 2.75) is 92.1 Å². The highest BCUT2D eigenvalue weighted by Gasteiger charge is 2.58. The van der Waals surface area contributed by atoms with E-state index in [1.165, 1.54) is 32.1 Å². The van der Waals surface area contributed by atoms with Crippen molar-refractivity contribution in [2.24, 2.45) is 34.5 Å². The number of ether oxygens (including phenoxy) is 1. The summed E-state index contributed by atoms with van der Waals surface area (Å²) in [5.41, 5.74) is 3.36. The van der Waals surface area contributed by atoms with Crippen LogP contribution >= 0.6 is 0 Å². The number of fused-ring (bicyclic) bond motifs is 5. The Morgan fingerprint density at radius 2 is 1.67 bits per heavy atom. The summed E-state index contributed by atoms with van der Waals surface area (Å²) in [4.78, 5) is 47.2. The topological polar surface area (TPSA) is 78.9 Å². The van der Waals surface area contributed by atoms with Gasteiger partial charge in [-0.25, -0.2) is 24.2 Å². The average molecular weight is 535 g/mol. The van der Waals surface area contributed by atoms with E-state index >= 15 is 0 Å². The highest BCUT2D eigenvalue weighted by atomic mass is 17.2. The molecule has 3 fully saturated rings. The lowest BCUT2D eigenvalue weighted by Crippen LogP contribution is -2.49. The first-order valence-corrected chi connectivity index (χ1v) is 14.7. The van der Waals surface area contributed by atoms with Gasteiger partial charge in [-0.15, -0.1) is 0 Å². The molecular formula is C33H42O6. The first-order chi connectivity index (χ1) is 18.6. The van der Waals surface area contributed by atoms with Gasteiger partial charge in [0.25, 0.3) is 0 Å². The summed E-state index contributed by atoms with van der Waals surface area (Å²) in [5, 5.41) is 0. The molecule has 0 heterocycles. The minimum absolute atomic E-state index is 0.0196. The molecule has 3 saturated carbocycles. The van der Waals surface area contributed by atoms with E-state index in [4.69, 9.17) is 9.62 Å². The predicted octanol–water partition coefficient (Wildman–Crippen LogP) is 7.04. The molecule has 4 aliphatic rings. The van der Waals surface area contributed by atoms with Crippen LogP contribution in [0.3, 0.4) is 0 Å². The van der Waals surface area contributed by atoms with Crippen LogP contribution in [0, 0.1) is 34.5 Å². The van der Waals surface area contributed by atoms with Gasteiger partial charge in [0.2, 0.25) is 0 Å². The number of carbonyl (C=O) groups excluding carboxylic acids is 3. The van der Waals surface area contributed by atoms with Gasteiger partial charge in [-0.05, 0) is 104 Å². The third-order valence-corrected chi connectivity index (χ3v) is 10.8. The highest BCUT2D eigenvalue weighted by molar-refractivity contribution is 6.14. The number of benzene rings is 1. The Hall–Kier alpha value is -2.89. The monoisotopic (exact) mass is 534 g/mol. The minimum atomic E-state index is -0.971. The van der Waals surface area contributed by atoms with Crippen molar-refractivity contribution in [1.82, 2.24) is 0 Å². The Labute approximate surface area is 232 Å². The summed E-state index contributed by atoms with van der Waals surface area (Å²) in [5.74, 6) is -0.533. The van der Waals surface area contributed by atoms with Crippen LogP contribution in [-0.2, 0) is 35.5 Å². The molecule has 0 spiro atoms. The van der Waals surface area contributed by atoms with Gasteiger partial charge in [-0.3, -0.25) is 0 Å². The van der Waals surface area contributed by atoms with Gasteiger partial charge in [0.15, 0.2) is 0 Å². The number of carbonyl (C=O) groups is 3. The molecule has 210 valence electrons. The zero-order valence-electron chi connectivity index (χ0n) is 23.8. The van der Waals surface area contributed by atoms with Crippen LogP contribution in [0.5, 0.6) is 0 Å². The molecule has 0 amide bonds. The SMILES string of the molecule is CC(=O)OOC(=O)C(C(=O)OCc1ccccc1)=C(C)[C@H]1CC[C@H]2[C@@H]3CC=C4CCCC[C@]4(C)[C@H]3CC[C@]12C. The maximum absolute atomic E-state index is 13.4. The van der Waals surface area contributed by atoms with Crippen molar-refractivity contribution in [3.05, 3.63) is 58.7 Å². The van der Waals surface area contributed by atoms with Crippen LogP contribution in [0.1, 0.15) is 91.0 Å². The fourth-order valence-corrected chi connectivity index (χ4v) is 8.92. The van der Waals surface area contributed by atoms with Crippen molar-refractivity contribution >= 4 is 17.9 Å². The normalized spacial score (nSPS) is 33.9. The maximum atomic E-state index is 13.4. The molecule has 6 heteroatoms. The molecule has 6 nitrogen and oxygen atoms in total. The fraction of sp³-hybridized carbons (Fsp3) is 0.606. The molecule has 5 rings (SSSR count). The van der Waals surface area contributed by atoms with Gasteiger partial charge in [0.1, 0.15) is 12.2 Å². The Morgan fingerprint density at radius 3 is 2.41 bits per heavy atom. The van der Waals surface area contributed by atoms with Gasteiger partial charge in [0.05, 0.1) is 0 Å². The molecule has 0 bridgehead atoms. The van der Waals surface area contributed by atoms with Gasteiger partial charge in [-0.1, -0.05) is 62.2 Å². The molecule has 0 N–H and O–H groups in total. The van der Waals surface area contributed by atoms with Crippen molar-refractivity contribution in [2.75, 3.05) is 0 Å². The lowest BCUT2D eigenvalue weighted by atomic mass is 9.47. The lowest BCUT2D eigenvalue weighted by molar-refractivity contribution is -0.254. The predicted molar refractivity (Wildman–Crippen MR) is 147 cm³/mol. The van der Waals surface area contributed by atoms with E-state index < -0.39 is 17.9 Å². The summed E-state index contributed by atoms with van der Waals surface area (Å²) in [6.45, 7) is 7.93. The van der Waals surface area contributed by atoms with Gasteiger partial charge in [0, 0.05) is 6.92 Å². The quantitative estimate of drug-likeness (QED) is 0.0767. The second kappa shape index (κ2) is 10.9. The van der Waals surface area contributed by atoms with Crippen molar-refractivity contribution in [3.63, 3.8) is 0 Å². The second-order valence-electron chi connectivity index (χ2n) is 12.7. The van der Waals surface area contributed by atoms with E-state index in [0.29, 0.717) is 28.7 Å². The van der Waals surface area contributed by atoms with Gasteiger partial charge in [-0.2, -0.15) is 0 Å². The molecule has 0 aromatic heterocycles. The van der Waals surface area contributed by atoms with E-state index in [-0.39, 0.29) is 23.5 Å². The highest BCUT2D eigenvalue weighted by Crippen LogP contribution is 2.67. The van der Waals surface area contributed by atoms with Crippen molar-refractivity contribution in [3.8, 4) is 0 Å². The van der Waals surface area contributed by atoms with Crippen LogP contribution in [0.15, 0.2) is 53.1 Å². The zero-order valence-corrected chi connectivity index (χ0v) is 23.8. The average Bonchev–Trinajstić information content (AvgIpc) is 3.28. The maximum Gasteiger partial charge on any atom is 0.393 e. The van der Waals surface area contributed by atoms with Crippen LogP contribution in [0.25, 0.3) is 0 Å². The third-order valence-electron chi connectivity index (χ3n) is 10.8. The molecule has 6 atom stereocenters. The molecule has 0 aliphatic heterocycles. The largest absolute Gasteiger partial charge is 0.457 e. The van der Waals surface area contributed by atoms with Crippen LogP contribution < -0.4 is 0 Å². The number of hydrogen-bond donors (Lipinski definition) is 0. The molecule has 0 saturated heterocycles. The summed E-state index contributed by atoms with van der Waals surface area (Å²) in [6.07, 6.45) is 13.2. The number of hydrogen-bond acceptors (Lipinski definition) is 6. The number of allylic oxidation sites excluding steroid dienone is 3. The van der Waals surface area contributed by atoms with E-state index in [9.17, 15) is 14.4 Å². The Balaban J connectivity index is 1.42. The summed E-state index contributed by atoms with van der Waals surface area (Å²) in [7, 11) is 0. The Morgan fingerprint density at radius 1 is 0.897 bits per heavy atom. The third kappa shape index (κ3) is 5.07. The van der Waals surface area contributed by atoms with Crippen LogP contribution in [0.4, 0.5) is 0 Å². The fourth-order valence-electron chi connectivity index (χ4n) is 8.92. The summed E-state index contributed by atoms with van der Waals surface area (Å²) < 4.78 is 5.58. The van der Waals surface area contributed by atoms with Crippen molar-refractivity contribution in [1.29, 1.82) is 0 Å². The minimum Gasteiger partial charge on any atom is -0.457 e. The Bertz CT molecular complexity index is 1180. The number of esters is 1. The van der Waals surface area contributed by atoms with E-state index in [1.54, 1.807) is 5.57 Å². The molecule has 0 unspecified atom stereocenters. The summed E-state index contributed by atoms with van der Waals surface area (Å²) in [6, 6.07) is 9.35. The smallest absolute Gasteiger partial charge is 0.393 e. The van der Waals surface area contributed by atoms with Gasteiger partial charge < -0.3 is 4.74 Å². The van der Waals surface area contributed by atoms with E-state index in [1.807, 2.05) is 37.3 Å². The Kier molecular flexibility index (Phi) is 7.76. The molecule has 1 aromatic rings. The standard InChI is InChI=1S/C33H42O6/c1-21(29(31(36)39-38-22(2)34)30(35)37-20-23-10-6-5-7-11-23)26-15-16-27-25-14-13-24-12-8-9-18-32(24,3)28(25)17-19-33(26,27)4/h5-7,10-11,13,25-28H,8-9,12,14-20H2,1-4H3/t25-,26+,27-,28-,32-,33+/m0/s1. The molecular weight excluding hydrogens is 492 g/mol. The second-order valence-corrected chi connectivity index (χ2v) is 12.7. The van der Waals surface area contributed by atoms with Crippen LogP contribution in [-0.4, -0.2) is 17.9 Å². The van der Waals surface area contributed by atoms with E-state index in [2.05, 4.69) is 24.8 Å². The summed E-state index contributed by atoms with van der Waals surface area (Å²) >= 11 is 0. The zero-order chi connectivity index (χ0) is 27.8. The molecule has 1 aromatic carbocycles. The van der Waals surface area contributed by atoms with Crippen LogP contribution in [0.2, 0.25) is 0 Å².